The lowest BCUT2D eigenvalue weighted by atomic mass is 10.1. The van der Waals surface area contributed by atoms with Crippen LogP contribution in [0.15, 0.2) is 60.7 Å². The minimum Gasteiger partial charge on any atom is -0.494 e. The average molecular weight is 578 g/mol. The van der Waals surface area contributed by atoms with Crippen LogP contribution in [0.25, 0.3) is 0 Å². The summed E-state index contributed by atoms with van der Waals surface area (Å²) < 4.78 is 16.6. The van der Waals surface area contributed by atoms with Crippen molar-refractivity contribution in [1.82, 2.24) is 4.90 Å². The quantitative estimate of drug-likeness (QED) is 0.0710. The number of esters is 2. The second kappa shape index (κ2) is 18.5. The predicted octanol–water partition coefficient (Wildman–Crippen LogP) is 7.21. The third-order valence-corrected chi connectivity index (χ3v) is 7.04. The molecule has 0 unspecified atom stereocenters. The summed E-state index contributed by atoms with van der Waals surface area (Å²) in [4.78, 5) is 49.0. The molecule has 0 aliphatic carbocycles. The third kappa shape index (κ3) is 11.9. The van der Waals surface area contributed by atoms with Crippen LogP contribution in [-0.2, 0) is 14.4 Å². The molecule has 2 amide bonds. The summed E-state index contributed by atoms with van der Waals surface area (Å²) in [5, 5.41) is 0. The van der Waals surface area contributed by atoms with Crippen LogP contribution in [0.4, 0.5) is 0 Å². The first-order valence-electron chi connectivity index (χ1n) is 15.3. The Hall–Kier alpha value is -3.94. The number of carbonyl (C=O) groups excluding carboxylic acids is 4. The molecule has 8 heteroatoms. The van der Waals surface area contributed by atoms with Crippen molar-refractivity contribution in [2.75, 3.05) is 13.2 Å². The molecule has 0 saturated heterocycles. The number of ether oxygens (including phenoxy) is 3. The highest BCUT2D eigenvalue weighted by molar-refractivity contribution is 6.12. The number of benzene rings is 2. The van der Waals surface area contributed by atoms with E-state index >= 15 is 0 Å². The first-order chi connectivity index (χ1) is 20.5. The Labute approximate surface area is 249 Å². The number of hydrogen-bond donors (Lipinski definition) is 0. The number of amides is 2. The SMILES string of the molecule is CCCCCCOc1ccc(C(=O)Oc2ccc(OC(=O)CCCCCCCCCCN3C(=O)C=CC3=O)cc2)cc1. The molecule has 0 bridgehead atoms. The van der Waals surface area contributed by atoms with Gasteiger partial charge in [0.15, 0.2) is 0 Å². The lowest BCUT2D eigenvalue weighted by Crippen LogP contribution is -2.30. The maximum Gasteiger partial charge on any atom is 0.343 e. The summed E-state index contributed by atoms with van der Waals surface area (Å²) in [6.45, 7) is 3.33. The lowest BCUT2D eigenvalue weighted by Gasteiger charge is -2.12. The van der Waals surface area contributed by atoms with E-state index in [0.717, 1.165) is 70.0 Å². The standard InChI is InChI=1S/C34H43NO7/c1-2-3-4-13-26-40-28-17-15-27(16-18-28)34(39)42-30-21-19-29(20-22-30)41-33(38)14-11-9-7-5-6-8-10-12-25-35-31(36)23-24-32(35)37/h15-24H,2-14,25-26H2,1H3. The fourth-order valence-electron chi connectivity index (χ4n) is 4.58. The molecule has 0 spiro atoms. The number of nitrogens with zero attached hydrogens (tertiary/aromatic N) is 1. The Balaban J connectivity index is 1.22. The van der Waals surface area contributed by atoms with Gasteiger partial charge >= 0.3 is 11.9 Å². The molecule has 2 aromatic rings. The van der Waals surface area contributed by atoms with Crippen LogP contribution in [0, 0.1) is 0 Å². The topological polar surface area (TPSA) is 99.2 Å². The zero-order chi connectivity index (χ0) is 30.0. The van der Waals surface area contributed by atoms with E-state index in [9.17, 15) is 19.2 Å². The highest BCUT2D eigenvalue weighted by Gasteiger charge is 2.22. The van der Waals surface area contributed by atoms with Gasteiger partial charge in [0, 0.05) is 25.1 Å². The van der Waals surface area contributed by atoms with E-state index in [1.807, 2.05) is 0 Å². The van der Waals surface area contributed by atoms with Gasteiger partial charge in [0.05, 0.1) is 12.2 Å². The number of hydrogen-bond acceptors (Lipinski definition) is 7. The van der Waals surface area contributed by atoms with Crippen LogP contribution >= 0.6 is 0 Å². The molecule has 1 aliphatic rings. The van der Waals surface area contributed by atoms with Crippen LogP contribution in [0.3, 0.4) is 0 Å². The van der Waals surface area contributed by atoms with Crippen LogP contribution in [0.1, 0.15) is 101 Å². The van der Waals surface area contributed by atoms with Crippen LogP contribution in [-0.4, -0.2) is 41.8 Å². The van der Waals surface area contributed by atoms with Crippen molar-refractivity contribution in [3.8, 4) is 17.2 Å². The Morgan fingerprint density at radius 1 is 0.619 bits per heavy atom. The minimum atomic E-state index is -0.471. The maximum absolute atomic E-state index is 12.5. The zero-order valence-corrected chi connectivity index (χ0v) is 24.7. The lowest BCUT2D eigenvalue weighted by molar-refractivity contribution is -0.137. The van der Waals surface area contributed by atoms with Gasteiger partial charge in [0.1, 0.15) is 17.2 Å². The maximum atomic E-state index is 12.5. The summed E-state index contributed by atoms with van der Waals surface area (Å²) in [6.07, 6.45) is 15.4. The van der Waals surface area contributed by atoms with E-state index in [-0.39, 0.29) is 17.8 Å². The zero-order valence-electron chi connectivity index (χ0n) is 24.7. The fraction of sp³-hybridized carbons (Fsp3) is 0.471. The van der Waals surface area contributed by atoms with Gasteiger partial charge in [-0.15, -0.1) is 0 Å². The van der Waals surface area contributed by atoms with Crippen LogP contribution in [0.5, 0.6) is 17.2 Å². The summed E-state index contributed by atoms with van der Waals surface area (Å²) >= 11 is 0. The predicted molar refractivity (Wildman–Crippen MR) is 161 cm³/mol. The number of unbranched alkanes of at least 4 members (excludes halogenated alkanes) is 10. The van der Waals surface area contributed by atoms with Crippen LogP contribution < -0.4 is 14.2 Å². The third-order valence-electron chi connectivity index (χ3n) is 7.04. The van der Waals surface area contributed by atoms with Gasteiger partial charge < -0.3 is 14.2 Å². The van der Waals surface area contributed by atoms with Crippen LogP contribution in [0.2, 0.25) is 0 Å². The Bertz CT molecular complexity index is 1150. The molecule has 0 aromatic heterocycles. The first kappa shape index (κ1) is 32.6. The van der Waals surface area contributed by atoms with Crippen molar-refractivity contribution in [2.24, 2.45) is 0 Å². The molecule has 1 aliphatic heterocycles. The second-order valence-corrected chi connectivity index (χ2v) is 10.5. The Morgan fingerprint density at radius 2 is 1.14 bits per heavy atom. The summed E-state index contributed by atoms with van der Waals surface area (Å²) in [6, 6.07) is 13.3. The van der Waals surface area contributed by atoms with Crippen molar-refractivity contribution in [1.29, 1.82) is 0 Å². The molecular formula is C34H43NO7. The molecule has 0 saturated carbocycles. The van der Waals surface area contributed by atoms with Gasteiger partial charge in [-0.05, 0) is 67.8 Å². The number of rotatable bonds is 20. The van der Waals surface area contributed by atoms with Crippen molar-refractivity contribution in [2.45, 2.75) is 90.4 Å². The molecule has 0 radical (unpaired) electrons. The van der Waals surface area contributed by atoms with E-state index in [1.54, 1.807) is 48.5 Å². The van der Waals surface area contributed by atoms with E-state index in [1.165, 1.54) is 29.9 Å². The second-order valence-electron chi connectivity index (χ2n) is 10.5. The molecule has 8 nitrogen and oxygen atoms in total. The summed E-state index contributed by atoms with van der Waals surface area (Å²) in [5.41, 5.74) is 0.425. The van der Waals surface area contributed by atoms with Crippen molar-refractivity contribution >= 4 is 23.8 Å². The van der Waals surface area contributed by atoms with Crippen molar-refractivity contribution in [3.63, 3.8) is 0 Å². The number of carbonyl (C=O) groups is 4. The van der Waals surface area contributed by atoms with Gasteiger partial charge in [-0.3, -0.25) is 19.3 Å². The normalized spacial score (nSPS) is 12.5. The fourth-order valence-corrected chi connectivity index (χ4v) is 4.58. The molecule has 2 aromatic carbocycles. The average Bonchev–Trinajstić information content (AvgIpc) is 3.31. The van der Waals surface area contributed by atoms with Crippen molar-refractivity contribution in [3.05, 3.63) is 66.2 Å². The summed E-state index contributed by atoms with van der Waals surface area (Å²) in [5.74, 6) is 0.322. The monoisotopic (exact) mass is 577 g/mol. The number of imide groups is 1. The largest absolute Gasteiger partial charge is 0.494 e. The minimum absolute atomic E-state index is 0.215. The molecule has 0 fully saturated rings. The molecular weight excluding hydrogens is 534 g/mol. The van der Waals surface area contributed by atoms with E-state index in [4.69, 9.17) is 14.2 Å². The smallest absolute Gasteiger partial charge is 0.343 e. The molecule has 3 rings (SSSR count). The van der Waals surface area contributed by atoms with Gasteiger partial charge in [-0.2, -0.15) is 0 Å². The molecule has 0 atom stereocenters. The van der Waals surface area contributed by atoms with Gasteiger partial charge in [0.2, 0.25) is 0 Å². The Morgan fingerprint density at radius 3 is 1.76 bits per heavy atom. The van der Waals surface area contributed by atoms with Gasteiger partial charge in [0.25, 0.3) is 11.8 Å². The van der Waals surface area contributed by atoms with E-state index < -0.39 is 5.97 Å². The van der Waals surface area contributed by atoms with Crippen molar-refractivity contribution < 1.29 is 33.4 Å². The van der Waals surface area contributed by atoms with E-state index in [2.05, 4.69) is 6.92 Å². The van der Waals surface area contributed by atoms with Gasteiger partial charge in [-0.25, -0.2) is 4.79 Å². The highest BCUT2D eigenvalue weighted by atomic mass is 16.5. The molecule has 42 heavy (non-hydrogen) atoms. The molecule has 226 valence electrons. The molecule has 0 N–H and O–H groups in total. The summed E-state index contributed by atoms with van der Waals surface area (Å²) in [7, 11) is 0. The first-order valence-corrected chi connectivity index (χ1v) is 15.3. The Kier molecular flexibility index (Phi) is 14.3. The van der Waals surface area contributed by atoms with Gasteiger partial charge in [-0.1, -0.05) is 64.7 Å². The highest BCUT2D eigenvalue weighted by Crippen LogP contribution is 2.21. The molecule has 1 heterocycles. The van der Waals surface area contributed by atoms with E-state index in [0.29, 0.717) is 36.6 Å².